The van der Waals surface area contributed by atoms with Crippen LogP contribution in [0.5, 0.6) is 0 Å². The molecule has 0 unspecified atom stereocenters. The highest BCUT2D eigenvalue weighted by Crippen LogP contribution is 2.26. The van der Waals surface area contributed by atoms with Crippen LogP contribution in [0.1, 0.15) is 17.0 Å². The number of hydrogen-bond acceptors (Lipinski definition) is 5. The van der Waals surface area contributed by atoms with Gasteiger partial charge in [-0.05, 0) is 48.5 Å². The summed E-state index contributed by atoms with van der Waals surface area (Å²) in [6.45, 7) is 2.50. The van der Waals surface area contributed by atoms with Gasteiger partial charge < -0.3 is 8.83 Å². The molecular weight excluding hydrogens is 374 g/mol. The Hall–Kier alpha value is -2.89. The maximum absolute atomic E-state index is 6.04. The molecule has 0 N–H and O–H groups in total. The Labute approximate surface area is 167 Å². The summed E-state index contributed by atoms with van der Waals surface area (Å²) in [4.78, 5) is 11.5. The van der Waals surface area contributed by atoms with Gasteiger partial charge in [-0.15, -0.1) is 0 Å². The summed E-state index contributed by atoms with van der Waals surface area (Å²) in [7, 11) is 0. The summed E-state index contributed by atoms with van der Waals surface area (Å²) < 4.78 is 11.4. The first-order chi connectivity index (χ1) is 13.7. The Morgan fingerprint density at radius 2 is 1.93 bits per heavy atom. The van der Waals surface area contributed by atoms with Crippen molar-refractivity contribution >= 4 is 11.6 Å². The second kappa shape index (κ2) is 7.26. The molecule has 4 aromatic rings. The zero-order valence-electron chi connectivity index (χ0n) is 15.1. The second-order valence-electron chi connectivity index (χ2n) is 6.88. The third kappa shape index (κ3) is 3.46. The van der Waals surface area contributed by atoms with Gasteiger partial charge in [-0.1, -0.05) is 11.6 Å². The van der Waals surface area contributed by atoms with Crippen LogP contribution in [0.15, 0.2) is 69.8 Å². The molecule has 0 bridgehead atoms. The molecule has 1 aliphatic rings. The topological polar surface area (TPSA) is 55.3 Å². The summed E-state index contributed by atoms with van der Waals surface area (Å²) in [5, 5.41) is 0.722. The monoisotopic (exact) mass is 391 g/mol. The van der Waals surface area contributed by atoms with Gasteiger partial charge in [-0.3, -0.25) is 4.90 Å². The maximum Gasteiger partial charge on any atom is 0.195 e. The minimum Gasteiger partial charge on any atom is -0.461 e. The van der Waals surface area contributed by atoms with Crippen molar-refractivity contribution in [2.24, 2.45) is 0 Å². The van der Waals surface area contributed by atoms with Crippen molar-refractivity contribution in [1.29, 1.82) is 0 Å². The smallest absolute Gasteiger partial charge is 0.195 e. The molecule has 0 radical (unpaired) electrons. The molecule has 0 atom stereocenters. The molecule has 5 nitrogen and oxygen atoms in total. The minimum absolute atomic E-state index is 0.649. The van der Waals surface area contributed by atoms with Crippen LogP contribution < -0.4 is 0 Å². The molecule has 1 aromatic carbocycles. The van der Waals surface area contributed by atoms with Crippen molar-refractivity contribution in [3.05, 3.63) is 83.0 Å². The normalized spacial score (nSPS) is 14.2. The van der Waals surface area contributed by atoms with Gasteiger partial charge in [0.05, 0.1) is 18.5 Å². The van der Waals surface area contributed by atoms with Crippen LogP contribution in [0.2, 0.25) is 5.02 Å². The fourth-order valence-electron chi connectivity index (χ4n) is 3.49. The van der Waals surface area contributed by atoms with Crippen LogP contribution in [0.25, 0.3) is 22.9 Å². The number of benzene rings is 1. The molecular formula is C22H18ClN3O2. The van der Waals surface area contributed by atoms with E-state index >= 15 is 0 Å². The van der Waals surface area contributed by atoms with E-state index in [0.717, 1.165) is 59.4 Å². The lowest BCUT2D eigenvalue weighted by Crippen LogP contribution is -2.30. The number of aromatic nitrogens is 2. The maximum atomic E-state index is 6.04. The summed E-state index contributed by atoms with van der Waals surface area (Å²) >= 11 is 5.96. The van der Waals surface area contributed by atoms with Crippen molar-refractivity contribution in [3.8, 4) is 22.9 Å². The van der Waals surface area contributed by atoms with E-state index in [4.69, 9.17) is 20.4 Å². The predicted molar refractivity (Wildman–Crippen MR) is 107 cm³/mol. The average molecular weight is 392 g/mol. The first-order valence-electron chi connectivity index (χ1n) is 9.20. The molecule has 28 heavy (non-hydrogen) atoms. The number of hydrogen-bond donors (Lipinski definition) is 0. The molecule has 140 valence electrons. The summed E-state index contributed by atoms with van der Waals surface area (Å²) in [5.41, 5.74) is 3.28. The quantitative estimate of drug-likeness (QED) is 0.478. The van der Waals surface area contributed by atoms with Gasteiger partial charge in [-0.25, -0.2) is 9.97 Å². The molecule has 0 spiro atoms. The first kappa shape index (κ1) is 17.2. The number of halogens is 1. The minimum atomic E-state index is 0.649. The highest BCUT2D eigenvalue weighted by atomic mass is 35.5. The SMILES string of the molecule is Clc1ccc(-c2ccc(CN3CCc4nc(-c5ccco5)ncc4C3)o2)cc1. The summed E-state index contributed by atoms with van der Waals surface area (Å²) in [6.07, 6.45) is 4.44. The Bertz CT molecular complexity index is 1090. The van der Waals surface area contributed by atoms with Crippen molar-refractivity contribution in [1.82, 2.24) is 14.9 Å². The van der Waals surface area contributed by atoms with E-state index in [2.05, 4.69) is 14.9 Å². The molecule has 0 amide bonds. The molecule has 6 heteroatoms. The number of fused-ring (bicyclic) bond motifs is 1. The van der Waals surface area contributed by atoms with Gasteiger partial charge in [0.15, 0.2) is 11.6 Å². The van der Waals surface area contributed by atoms with Crippen LogP contribution in [-0.4, -0.2) is 21.4 Å². The van der Waals surface area contributed by atoms with Crippen LogP contribution >= 0.6 is 11.6 Å². The van der Waals surface area contributed by atoms with Crippen LogP contribution in [0.3, 0.4) is 0 Å². The highest BCUT2D eigenvalue weighted by Gasteiger charge is 2.20. The van der Waals surface area contributed by atoms with E-state index in [1.54, 1.807) is 6.26 Å². The zero-order chi connectivity index (χ0) is 18.9. The fourth-order valence-corrected chi connectivity index (χ4v) is 3.61. The Kier molecular flexibility index (Phi) is 4.47. The largest absolute Gasteiger partial charge is 0.461 e. The lowest BCUT2D eigenvalue weighted by atomic mass is 10.1. The molecule has 0 saturated carbocycles. The van der Waals surface area contributed by atoms with Gasteiger partial charge in [-0.2, -0.15) is 0 Å². The van der Waals surface area contributed by atoms with E-state index in [-0.39, 0.29) is 0 Å². The van der Waals surface area contributed by atoms with Crippen molar-refractivity contribution in [2.45, 2.75) is 19.5 Å². The standard InChI is InChI=1S/C22H18ClN3O2/c23-17-5-3-15(4-6-17)20-8-7-18(28-20)14-26-10-9-19-16(13-26)12-24-22(25-19)21-2-1-11-27-21/h1-8,11-12H,9-10,13-14H2. The molecule has 5 rings (SSSR count). The summed E-state index contributed by atoms with van der Waals surface area (Å²) in [5.74, 6) is 3.16. The van der Waals surface area contributed by atoms with E-state index < -0.39 is 0 Å². The highest BCUT2D eigenvalue weighted by molar-refractivity contribution is 6.30. The van der Waals surface area contributed by atoms with E-state index in [9.17, 15) is 0 Å². The molecule has 0 aliphatic carbocycles. The van der Waals surface area contributed by atoms with Crippen LogP contribution in [0, 0.1) is 0 Å². The van der Waals surface area contributed by atoms with E-state index in [1.165, 1.54) is 0 Å². The van der Waals surface area contributed by atoms with Gasteiger partial charge in [0.1, 0.15) is 11.5 Å². The molecule has 1 aliphatic heterocycles. The number of rotatable bonds is 4. The Morgan fingerprint density at radius 3 is 2.75 bits per heavy atom. The predicted octanol–water partition coefficient (Wildman–Crippen LogP) is 5.21. The number of nitrogens with zero attached hydrogens (tertiary/aromatic N) is 3. The van der Waals surface area contributed by atoms with Crippen LogP contribution in [0.4, 0.5) is 0 Å². The molecule has 4 heterocycles. The summed E-state index contributed by atoms with van der Waals surface area (Å²) in [6, 6.07) is 15.5. The van der Waals surface area contributed by atoms with Gasteiger partial charge >= 0.3 is 0 Å². The second-order valence-corrected chi connectivity index (χ2v) is 7.31. The Morgan fingerprint density at radius 1 is 1.04 bits per heavy atom. The van der Waals surface area contributed by atoms with Gasteiger partial charge in [0.2, 0.25) is 0 Å². The first-order valence-corrected chi connectivity index (χ1v) is 9.58. The van der Waals surface area contributed by atoms with Crippen molar-refractivity contribution in [3.63, 3.8) is 0 Å². The van der Waals surface area contributed by atoms with Gasteiger partial charge in [0.25, 0.3) is 0 Å². The zero-order valence-corrected chi connectivity index (χ0v) is 15.9. The van der Waals surface area contributed by atoms with E-state index in [1.807, 2.05) is 54.7 Å². The average Bonchev–Trinajstić information content (AvgIpc) is 3.41. The van der Waals surface area contributed by atoms with Crippen molar-refractivity contribution in [2.75, 3.05) is 6.54 Å². The lowest BCUT2D eigenvalue weighted by molar-refractivity contribution is 0.224. The fraction of sp³-hybridized carbons (Fsp3) is 0.182. The lowest BCUT2D eigenvalue weighted by Gasteiger charge is -2.27. The third-order valence-electron chi connectivity index (χ3n) is 4.92. The van der Waals surface area contributed by atoms with E-state index in [0.29, 0.717) is 11.6 Å². The molecule has 3 aromatic heterocycles. The molecule has 0 fully saturated rings. The number of furan rings is 2. The van der Waals surface area contributed by atoms with Gasteiger partial charge in [0, 0.05) is 41.9 Å². The Balaban J connectivity index is 1.29. The van der Waals surface area contributed by atoms with Crippen molar-refractivity contribution < 1.29 is 8.83 Å². The molecule has 0 saturated heterocycles. The third-order valence-corrected chi connectivity index (χ3v) is 5.18. The van der Waals surface area contributed by atoms with Crippen LogP contribution in [-0.2, 0) is 19.5 Å².